The quantitative estimate of drug-likeness (QED) is 0.676. The first-order valence-corrected chi connectivity index (χ1v) is 5.79. The van der Waals surface area contributed by atoms with Gasteiger partial charge in [0.15, 0.2) is 0 Å². The molecule has 0 spiro atoms. The molecule has 5 heteroatoms. The number of aliphatic hydroxyl groups excluding tert-OH is 1. The van der Waals surface area contributed by atoms with Gasteiger partial charge < -0.3 is 14.6 Å². The molecular weight excluding hydrogens is 210 g/mol. The molecule has 0 aromatic carbocycles. The number of rotatable bonds is 5. The van der Waals surface area contributed by atoms with Crippen LogP contribution in [0.1, 0.15) is 20.3 Å². The van der Waals surface area contributed by atoms with E-state index in [9.17, 15) is 9.90 Å². The van der Waals surface area contributed by atoms with Gasteiger partial charge in [0, 0.05) is 12.6 Å². The van der Waals surface area contributed by atoms with Gasteiger partial charge in [-0.05, 0) is 13.8 Å². The Kier molecular flexibility index (Phi) is 5.73. The minimum absolute atomic E-state index is 0.00169. The second kappa shape index (κ2) is 6.83. The Labute approximate surface area is 96.3 Å². The zero-order valence-corrected chi connectivity index (χ0v) is 10.0. The smallest absolute Gasteiger partial charge is 0.307 e. The van der Waals surface area contributed by atoms with Gasteiger partial charge in [-0.15, -0.1) is 0 Å². The van der Waals surface area contributed by atoms with E-state index in [1.807, 2.05) is 6.92 Å². The summed E-state index contributed by atoms with van der Waals surface area (Å²) in [6.07, 6.45) is 0.365. The Balaban J connectivity index is 2.43. The monoisotopic (exact) mass is 231 g/mol. The molecule has 0 bridgehead atoms. The molecule has 1 aliphatic rings. The van der Waals surface area contributed by atoms with E-state index in [0.29, 0.717) is 26.2 Å². The van der Waals surface area contributed by atoms with Crippen LogP contribution in [0.5, 0.6) is 0 Å². The molecule has 1 rings (SSSR count). The van der Waals surface area contributed by atoms with Crippen molar-refractivity contribution in [3.63, 3.8) is 0 Å². The molecule has 94 valence electrons. The fourth-order valence-electron chi connectivity index (χ4n) is 1.98. The van der Waals surface area contributed by atoms with Crippen LogP contribution in [0.25, 0.3) is 0 Å². The lowest BCUT2D eigenvalue weighted by atomic mass is 10.1. The number of hydrogen-bond acceptors (Lipinski definition) is 5. The molecule has 1 saturated heterocycles. The van der Waals surface area contributed by atoms with Crippen LogP contribution in [0, 0.1) is 0 Å². The second-order valence-corrected chi connectivity index (χ2v) is 4.01. The van der Waals surface area contributed by atoms with Gasteiger partial charge in [-0.2, -0.15) is 0 Å². The fraction of sp³-hybridized carbons (Fsp3) is 0.909. The molecule has 16 heavy (non-hydrogen) atoms. The van der Waals surface area contributed by atoms with Gasteiger partial charge in [-0.25, -0.2) is 0 Å². The Morgan fingerprint density at radius 1 is 1.69 bits per heavy atom. The number of aliphatic hydroxyl groups is 1. The zero-order chi connectivity index (χ0) is 12.0. The third-order valence-electron chi connectivity index (χ3n) is 2.82. The molecule has 1 aliphatic heterocycles. The van der Waals surface area contributed by atoms with Crippen molar-refractivity contribution in [1.82, 2.24) is 4.90 Å². The number of morpholine rings is 1. The summed E-state index contributed by atoms with van der Waals surface area (Å²) in [6, 6.07) is 0.0817. The van der Waals surface area contributed by atoms with E-state index in [1.165, 1.54) is 0 Å². The number of ether oxygens (including phenoxy) is 2. The standard InChI is InChI=1S/C11H21NO4/c1-3-16-11(14)6-9(2)12-4-5-15-8-10(12)7-13/h9-10,13H,3-8H2,1-2H3. The van der Waals surface area contributed by atoms with Crippen molar-refractivity contribution >= 4 is 5.97 Å². The number of carbonyl (C=O) groups is 1. The summed E-state index contributed by atoms with van der Waals surface area (Å²) in [4.78, 5) is 13.5. The molecule has 0 radical (unpaired) electrons. The van der Waals surface area contributed by atoms with E-state index in [-0.39, 0.29) is 24.7 Å². The third-order valence-corrected chi connectivity index (χ3v) is 2.82. The molecule has 2 unspecified atom stereocenters. The lowest BCUT2D eigenvalue weighted by Crippen LogP contribution is -2.52. The fourth-order valence-corrected chi connectivity index (χ4v) is 1.98. The molecular formula is C11H21NO4. The highest BCUT2D eigenvalue weighted by Crippen LogP contribution is 2.13. The van der Waals surface area contributed by atoms with Crippen molar-refractivity contribution < 1.29 is 19.4 Å². The first kappa shape index (κ1) is 13.4. The Bertz CT molecular complexity index is 222. The van der Waals surface area contributed by atoms with E-state index >= 15 is 0 Å². The van der Waals surface area contributed by atoms with Crippen molar-refractivity contribution in [2.75, 3.05) is 33.0 Å². The molecule has 0 aromatic rings. The molecule has 2 atom stereocenters. The van der Waals surface area contributed by atoms with Crippen molar-refractivity contribution in [2.45, 2.75) is 32.4 Å². The average Bonchev–Trinajstić information content (AvgIpc) is 2.29. The Morgan fingerprint density at radius 2 is 2.44 bits per heavy atom. The van der Waals surface area contributed by atoms with Crippen molar-refractivity contribution in [3.05, 3.63) is 0 Å². The number of nitrogens with zero attached hydrogens (tertiary/aromatic N) is 1. The van der Waals surface area contributed by atoms with Gasteiger partial charge in [0.25, 0.3) is 0 Å². The number of carbonyl (C=O) groups excluding carboxylic acids is 1. The van der Waals surface area contributed by atoms with Crippen LogP contribution in [-0.2, 0) is 14.3 Å². The van der Waals surface area contributed by atoms with Gasteiger partial charge >= 0.3 is 5.97 Å². The normalized spacial score (nSPS) is 24.1. The molecule has 1 heterocycles. The minimum Gasteiger partial charge on any atom is -0.466 e. The zero-order valence-electron chi connectivity index (χ0n) is 10.0. The maximum atomic E-state index is 11.3. The van der Waals surface area contributed by atoms with E-state index in [2.05, 4.69) is 4.90 Å². The Morgan fingerprint density at radius 3 is 3.06 bits per heavy atom. The molecule has 0 amide bonds. The Hall–Kier alpha value is -0.650. The highest BCUT2D eigenvalue weighted by atomic mass is 16.5. The van der Waals surface area contributed by atoms with Gasteiger partial charge in [-0.3, -0.25) is 9.69 Å². The lowest BCUT2D eigenvalue weighted by Gasteiger charge is -2.38. The van der Waals surface area contributed by atoms with Crippen LogP contribution in [0.15, 0.2) is 0 Å². The molecule has 1 fully saturated rings. The molecule has 0 aliphatic carbocycles. The van der Waals surface area contributed by atoms with Gasteiger partial charge in [-0.1, -0.05) is 0 Å². The molecule has 5 nitrogen and oxygen atoms in total. The third kappa shape index (κ3) is 3.73. The van der Waals surface area contributed by atoms with Crippen LogP contribution < -0.4 is 0 Å². The highest BCUT2D eigenvalue weighted by molar-refractivity contribution is 5.70. The van der Waals surface area contributed by atoms with Crippen LogP contribution in [0.3, 0.4) is 0 Å². The van der Waals surface area contributed by atoms with Gasteiger partial charge in [0.05, 0.1) is 38.9 Å². The summed E-state index contributed by atoms with van der Waals surface area (Å²) in [5.41, 5.74) is 0. The number of hydrogen-bond donors (Lipinski definition) is 1. The van der Waals surface area contributed by atoms with Crippen LogP contribution in [-0.4, -0.2) is 61.0 Å². The summed E-state index contributed by atoms with van der Waals surface area (Å²) >= 11 is 0. The van der Waals surface area contributed by atoms with Crippen LogP contribution in [0.4, 0.5) is 0 Å². The summed E-state index contributed by atoms with van der Waals surface area (Å²) in [6.45, 7) is 6.20. The van der Waals surface area contributed by atoms with Crippen molar-refractivity contribution in [1.29, 1.82) is 0 Å². The van der Waals surface area contributed by atoms with Gasteiger partial charge in [0.2, 0.25) is 0 Å². The van der Waals surface area contributed by atoms with E-state index < -0.39 is 0 Å². The maximum absolute atomic E-state index is 11.3. The second-order valence-electron chi connectivity index (χ2n) is 4.01. The summed E-state index contributed by atoms with van der Waals surface area (Å²) in [5.74, 6) is -0.182. The van der Waals surface area contributed by atoms with Crippen LogP contribution >= 0.6 is 0 Å². The van der Waals surface area contributed by atoms with Gasteiger partial charge in [0.1, 0.15) is 0 Å². The first-order chi connectivity index (χ1) is 7.69. The lowest BCUT2D eigenvalue weighted by molar-refractivity contribution is -0.145. The average molecular weight is 231 g/mol. The summed E-state index contributed by atoms with van der Waals surface area (Å²) < 4.78 is 10.2. The number of esters is 1. The predicted molar refractivity (Wildman–Crippen MR) is 59.1 cm³/mol. The summed E-state index contributed by atoms with van der Waals surface area (Å²) in [5, 5.41) is 9.21. The summed E-state index contributed by atoms with van der Waals surface area (Å²) in [7, 11) is 0. The van der Waals surface area contributed by atoms with Crippen molar-refractivity contribution in [3.8, 4) is 0 Å². The topological polar surface area (TPSA) is 59.0 Å². The molecule has 0 aromatic heterocycles. The van der Waals surface area contributed by atoms with E-state index in [4.69, 9.17) is 9.47 Å². The SMILES string of the molecule is CCOC(=O)CC(C)N1CCOCC1CO. The van der Waals surface area contributed by atoms with Crippen LogP contribution in [0.2, 0.25) is 0 Å². The largest absolute Gasteiger partial charge is 0.466 e. The predicted octanol–water partition coefficient (Wildman–Crippen LogP) is 0.0212. The maximum Gasteiger partial charge on any atom is 0.307 e. The van der Waals surface area contributed by atoms with E-state index in [1.54, 1.807) is 6.92 Å². The molecule has 1 N–H and O–H groups in total. The molecule has 0 saturated carbocycles. The highest BCUT2D eigenvalue weighted by Gasteiger charge is 2.27. The first-order valence-electron chi connectivity index (χ1n) is 5.79. The van der Waals surface area contributed by atoms with Crippen molar-refractivity contribution in [2.24, 2.45) is 0 Å². The van der Waals surface area contributed by atoms with E-state index in [0.717, 1.165) is 6.54 Å². The minimum atomic E-state index is -0.182.